The zero-order chi connectivity index (χ0) is 9.73. The van der Waals surface area contributed by atoms with Gasteiger partial charge in [-0.2, -0.15) is 0 Å². The topological polar surface area (TPSA) is 15.3 Å². The molecule has 1 atom stereocenters. The molecule has 1 aliphatic rings. The minimum atomic E-state index is -0.239. The Hall–Kier alpha value is -0.215. The summed E-state index contributed by atoms with van der Waals surface area (Å²) in [4.78, 5) is 1.68. The molecule has 0 saturated carbocycles. The van der Waals surface area contributed by atoms with Crippen molar-refractivity contribution >= 4 is 23.9 Å². The van der Waals surface area contributed by atoms with Crippen LogP contribution in [0.5, 0.6) is 0 Å². The maximum Gasteiger partial charge on any atom is 0.228 e. The molecule has 0 fully saturated rings. The lowest BCUT2D eigenvalue weighted by Crippen LogP contribution is -2.53. The predicted octanol–water partition coefficient (Wildman–Crippen LogP) is 1.55. The second-order valence-electron chi connectivity index (χ2n) is 3.22. The summed E-state index contributed by atoms with van der Waals surface area (Å²) in [6.07, 6.45) is 8.95. The van der Waals surface area contributed by atoms with Crippen LogP contribution < -0.4 is 5.32 Å². The van der Waals surface area contributed by atoms with E-state index in [0.29, 0.717) is 0 Å². The first kappa shape index (κ1) is 10.9. The minimum absolute atomic E-state index is 0.239. The third kappa shape index (κ3) is 2.88. The Kier molecular flexibility index (Phi) is 4.07. The van der Waals surface area contributed by atoms with Gasteiger partial charge in [-0.3, -0.25) is 5.32 Å². The van der Waals surface area contributed by atoms with E-state index < -0.39 is 0 Å². The van der Waals surface area contributed by atoms with Crippen molar-refractivity contribution in [3.8, 4) is 0 Å². The van der Waals surface area contributed by atoms with E-state index in [1.54, 1.807) is 4.81 Å². The standard InChI is InChI=1S/C9H14BBrN2/c1-9(12-7-4-6-11)5-2-3-8-13(9)10/h2-3,5,8,12H,4,6-7H2,1H3. The molecule has 0 saturated heterocycles. The average molecular weight is 241 g/mol. The van der Waals surface area contributed by atoms with Crippen LogP contribution in [0, 0.1) is 0 Å². The lowest BCUT2D eigenvalue weighted by Gasteiger charge is -2.39. The van der Waals surface area contributed by atoms with Gasteiger partial charge in [-0.25, -0.2) is 0 Å². The van der Waals surface area contributed by atoms with Crippen LogP contribution >= 0.6 is 15.9 Å². The van der Waals surface area contributed by atoms with Gasteiger partial charge in [0.25, 0.3) is 0 Å². The number of rotatable bonds is 4. The first-order chi connectivity index (χ1) is 6.19. The van der Waals surface area contributed by atoms with E-state index in [0.717, 1.165) is 18.3 Å². The third-order valence-electron chi connectivity index (χ3n) is 2.11. The van der Waals surface area contributed by atoms with Gasteiger partial charge in [0, 0.05) is 5.33 Å². The Labute approximate surface area is 89.6 Å². The summed E-state index contributed by atoms with van der Waals surface area (Å²) in [5, 5.41) is 4.40. The Morgan fingerprint density at radius 1 is 1.54 bits per heavy atom. The van der Waals surface area contributed by atoms with Crippen molar-refractivity contribution in [3.63, 3.8) is 0 Å². The molecule has 1 unspecified atom stereocenters. The zero-order valence-corrected chi connectivity index (χ0v) is 9.42. The predicted molar refractivity (Wildman–Crippen MR) is 60.7 cm³/mol. The molecule has 2 radical (unpaired) electrons. The van der Waals surface area contributed by atoms with Gasteiger partial charge in [-0.05, 0) is 38.2 Å². The first-order valence-corrected chi connectivity index (χ1v) is 5.52. The van der Waals surface area contributed by atoms with Crippen molar-refractivity contribution < 1.29 is 0 Å². The van der Waals surface area contributed by atoms with Gasteiger partial charge < -0.3 is 4.81 Å². The summed E-state index contributed by atoms with van der Waals surface area (Å²) in [6, 6.07) is 0. The second-order valence-corrected chi connectivity index (χ2v) is 4.02. The van der Waals surface area contributed by atoms with Gasteiger partial charge in [0.05, 0.1) is 5.66 Å². The fourth-order valence-electron chi connectivity index (χ4n) is 1.18. The molecule has 0 bridgehead atoms. The van der Waals surface area contributed by atoms with Crippen molar-refractivity contribution in [1.29, 1.82) is 0 Å². The third-order valence-corrected chi connectivity index (χ3v) is 2.67. The normalized spacial score (nSPS) is 26.8. The molecule has 4 heteroatoms. The fraction of sp³-hybridized carbons (Fsp3) is 0.556. The van der Waals surface area contributed by atoms with Gasteiger partial charge in [0.15, 0.2) is 0 Å². The summed E-state index contributed by atoms with van der Waals surface area (Å²) in [7, 11) is 5.82. The smallest absolute Gasteiger partial charge is 0.228 e. The van der Waals surface area contributed by atoms with Crippen molar-refractivity contribution in [2.24, 2.45) is 0 Å². The average Bonchev–Trinajstić information content (AvgIpc) is 2.11. The van der Waals surface area contributed by atoms with E-state index in [2.05, 4.69) is 34.2 Å². The number of hydrogen-bond acceptors (Lipinski definition) is 2. The van der Waals surface area contributed by atoms with Gasteiger partial charge in [-0.1, -0.05) is 22.0 Å². The van der Waals surface area contributed by atoms with E-state index >= 15 is 0 Å². The molecule has 0 aromatic rings. The lowest BCUT2D eigenvalue weighted by atomic mass is 10.0. The van der Waals surface area contributed by atoms with Crippen LogP contribution in [-0.4, -0.2) is 30.3 Å². The molecular formula is C9H14BBrN2. The second kappa shape index (κ2) is 4.87. The molecule has 1 aliphatic heterocycles. The van der Waals surface area contributed by atoms with Crippen LogP contribution in [0.15, 0.2) is 24.4 Å². The van der Waals surface area contributed by atoms with Crippen LogP contribution in [0.2, 0.25) is 0 Å². The van der Waals surface area contributed by atoms with Gasteiger partial charge in [0.2, 0.25) is 7.98 Å². The highest BCUT2D eigenvalue weighted by molar-refractivity contribution is 9.09. The maximum absolute atomic E-state index is 5.82. The number of nitrogens with zero attached hydrogens (tertiary/aromatic N) is 1. The van der Waals surface area contributed by atoms with Gasteiger partial charge >= 0.3 is 0 Å². The number of hydrogen-bond donors (Lipinski definition) is 1. The highest BCUT2D eigenvalue weighted by Gasteiger charge is 2.23. The molecule has 1 N–H and O–H groups in total. The summed E-state index contributed by atoms with van der Waals surface area (Å²) in [5.41, 5.74) is -0.239. The number of allylic oxidation sites excluding steroid dienone is 2. The number of halogens is 1. The quantitative estimate of drug-likeness (QED) is 0.456. The molecular weight excluding hydrogens is 227 g/mol. The molecule has 1 heterocycles. The molecule has 0 aromatic carbocycles. The molecule has 1 rings (SSSR count). The summed E-state index contributed by atoms with van der Waals surface area (Å²) >= 11 is 3.39. The molecule has 0 amide bonds. The summed E-state index contributed by atoms with van der Waals surface area (Å²) in [6.45, 7) is 3.01. The van der Waals surface area contributed by atoms with Crippen LogP contribution in [-0.2, 0) is 0 Å². The Balaban J connectivity index is 2.45. The van der Waals surface area contributed by atoms with Crippen LogP contribution in [0.3, 0.4) is 0 Å². The summed E-state index contributed by atoms with van der Waals surface area (Å²) < 4.78 is 0. The highest BCUT2D eigenvalue weighted by Crippen LogP contribution is 2.15. The minimum Gasteiger partial charge on any atom is -0.411 e. The molecule has 2 nitrogen and oxygen atoms in total. The Morgan fingerprint density at radius 3 is 2.92 bits per heavy atom. The van der Waals surface area contributed by atoms with Crippen molar-refractivity contribution in [3.05, 3.63) is 24.4 Å². The van der Waals surface area contributed by atoms with Crippen molar-refractivity contribution in [1.82, 2.24) is 10.1 Å². The van der Waals surface area contributed by atoms with E-state index in [9.17, 15) is 0 Å². The molecule has 0 aliphatic carbocycles. The van der Waals surface area contributed by atoms with Crippen LogP contribution in [0.25, 0.3) is 0 Å². The van der Waals surface area contributed by atoms with E-state index in [4.69, 9.17) is 7.98 Å². The fourth-order valence-corrected chi connectivity index (χ4v) is 1.47. The Morgan fingerprint density at radius 2 is 2.31 bits per heavy atom. The van der Waals surface area contributed by atoms with Gasteiger partial charge in [0.1, 0.15) is 0 Å². The number of alkyl halides is 1. The highest BCUT2D eigenvalue weighted by atomic mass is 79.9. The summed E-state index contributed by atoms with van der Waals surface area (Å²) in [5.74, 6) is 0. The van der Waals surface area contributed by atoms with E-state index in [1.807, 2.05) is 18.4 Å². The van der Waals surface area contributed by atoms with Crippen LogP contribution in [0.4, 0.5) is 0 Å². The monoisotopic (exact) mass is 240 g/mol. The zero-order valence-electron chi connectivity index (χ0n) is 7.83. The first-order valence-electron chi connectivity index (χ1n) is 4.40. The van der Waals surface area contributed by atoms with Gasteiger partial charge in [-0.15, -0.1) is 0 Å². The molecule has 13 heavy (non-hydrogen) atoms. The van der Waals surface area contributed by atoms with E-state index in [-0.39, 0.29) is 5.66 Å². The lowest BCUT2D eigenvalue weighted by molar-refractivity contribution is 0.275. The van der Waals surface area contributed by atoms with Crippen molar-refractivity contribution in [2.75, 3.05) is 11.9 Å². The molecule has 0 aromatic heterocycles. The Bertz CT molecular complexity index is 218. The van der Waals surface area contributed by atoms with Crippen molar-refractivity contribution in [2.45, 2.75) is 19.0 Å². The molecule has 70 valence electrons. The van der Waals surface area contributed by atoms with E-state index in [1.165, 1.54) is 0 Å². The largest absolute Gasteiger partial charge is 0.411 e. The molecule has 0 spiro atoms. The van der Waals surface area contributed by atoms with Crippen LogP contribution in [0.1, 0.15) is 13.3 Å². The maximum atomic E-state index is 5.82. The SMILES string of the molecule is [B]N1C=CC=CC1(C)NCCCBr. The number of nitrogens with one attached hydrogen (secondary N) is 1.